The van der Waals surface area contributed by atoms with E-state index >= 15 is 0 Å². The van der Waals surface area contributed by atoms with Gasteiger partial charge in [0.1, 0.15) is 0 Å². The zero-order chi connectivity index (χ0) is 27.3. The van der Waals surface area contributed by atoms with Crippen molar-refractivity contribution in [2.75, 3.05) is 44.7 Å². The maximum atomic E-state index is 13.4. The number of Topliss-reactive ketones (excluding diaryl/α,β-unsaturated/α-hetero) is 1. The van der Waals surface area contributed by atoms with Gasteiger partial charge in [-0.05, 0) is 43.2 Å². The Kier molecular flexibility index (Phi) is 11.7. The van der Waals surface area contributed by atoms with Gasteiger partial charge in [0.2, 0.25) is 11.9 Å². The van der Waals surface area contributed by atoms with Crippen LogP contribution in [0, 0.1) is 0 Å². The standard InChI is InChI=1S/C30H44N6O3/c31-26-8-4-3-5-9-27-25(21-34-30(35-27)33-15-7-2-1-6-14-32-29(26)38)28(37)20-23-10-12-24(13-11-23)22-36-16-18-39-19-17-36/h10-13,21,26H,1-9,14-20,22,31H2,(H,32,38)(H,33,34,35)/t26-/m0/s1. The molecule has 0 saturated carbocycles. The van der Waals surface area contributed by atoms with Crippen LogP contribution < -0.4 is 16.4 Å². The van der Waals surface area contributed by atoms with Crippen LogP contribution in [-0.4, -0.2) is 72.0 Å². The third-order valence-corrected chi connectivity index (χ3v) is 7.52. The van der Waals surface area contributed by atoms with E-state index < -0.39 is 6.04 Å². The number of carbonyl (C=O) groups excluding carboxylic acids is 2. The lowest BCUT2D eigenvalue weighted by Gasteiger charge is -2.26. The Hall–Kier alpha value is -2.88. The number of aryl methyl sites for hydroxylation is 1. The molecule has 9 nitrogen and oxygen atoms in total. The predicted molar refractivity (Wildman–Crippen MR) is 153 cm³/mol. The highest BCUT2D eigenvalue weighted by molar-refractivity contribution is 5.98. The van der Waals surface area contributed by atoms with Crippen LogP contribution in [0.3, 0.4) is 0 Å². The van der Waals surface area contributed by atoms with Crippen molar-refractivity contribution in [1.29, 1.82) is 0 Å². The number of anilines is 1. The summed E-state index contributed by atoms with van der Waals surface area (Å²) in [5, 5.41) is 6.28. The number of rotatable bonds is 5. The molecule has 4 N–H and O–H groups in total. The summed E-state index contributed by atoms with van der Waals surface area (Å²) >= 11 is 0. The Morgan fingerprint density at radius 3 is 2.41 bits per heavy atom. The molecule has 2 aromatic rings. The van der Waals surface area contributed by atoms with Crippen molar-refractivity contribution in [2.24, 2.45) is 5.73 Å². The van der Waals surface area contributed by atoms with Gasteiger partial charge in [-0.25, -0.2) is 9.97 Å². The molecule has 212 valence electrons. The minimum absolute atomic E-state index is 0.0401. The normalized spacial score (nSPS) is 20.7. The first-order chi connectivity index (χ1) is 19.1. The molecular formula is C30H44N6O3. The van der Waals surface area contributed by atoms with Crippen molar-refractivity contribution in [3.05, 3.63) is 52.8 Å². The Bertz CT molecular complexity index is 1060. The molecule has 0 radical (unpaired) electrons. The smallest absolute Gasteiger partial charge is 0.236 e. The molecule has 3 heterocycles. The van der Waals surface area contributed by atoms with Crippen molar-refractivity contribution in [3.8, 4) is 0 Å². The largest absolute Gasteiger partial charge is 0.379 e. The number of ether oxygens (including phenoxy) is 1. The molecule has 4 rings (SSSR count). The second-order valence-corrected chi connectivity index (χ2v) is 10.7. The van der Waals surface area contributed by atoms with E-state index in [0.29, 0.717) is 37.3 Å². The van der Waals surface area contributed by atoms with Gasteiger partial charge in [-0.15, -0.1) is 0 Å². The number of nitrogens with one attached hydrogen (secondary N) is 2. The van der Waals surface area contributed by atoms with E-state index in [1.165, 1.54) is 5.56 Å². The summed E-state index contributed by atoms with van der Waals surface area (Å²) in [5.41, 5.74) is 9.72. The Labute approximate surface area is 232 Å². The molecule has 1 saturated heterocycles. The van der Waals surface area contributed by atoms with E-state index in [2.05, 4.69) is 44.8 Å². The predicted octanol–water partition coefficient (Wildman–Crippen LogP) is 3.27. The molecule has 1 aromatic carbocycles. The van der Waals surface area contributed by atoms with Gasteiger partial charge in [-0.3, -0.25) is 14.5 Å². The highest BCUT2D eigenvalue weighted by Crippen LogP contribution is 2.17. The van der Waals surface area contributed by atoms with Gasteiger partial charge in [0.15, 0.2) is 5.78 Å². The van der Waals surface area contributed by atoms with Gasteiger partial charge in [0.25, 0.3) is 0 Å². The van der Waals surface area contributed by atoms with Crippen molar-refractivity contribution >= 4 is 17.6 Å². The number of hydrogen-bond donors (Lipinski definition) is 3. The van der Waals surface area contributed by atoms with Crippen LogP contribution >= 0.6 is 0 Å². The molecule has 1 aromatic heterocycles. The molecule has 2 bridgehead atoms. The van der Waals surface area contributed by atoms with Crippen molar-refractivity contribution < 1.29 is 14.3 Å². The molecule has 39 heavy (non-hydrogen) atoms. The molecule has 0 aliphatic carbocycles. The maximum Gasteiger partial charge on any atom is 0.236 e. The Morgan fingerprint density at radius 2 is 1.64 bits per heavy atom. The average molecular weight is 537 g/mol. The number of hydrogen-bond acceptors (Lipinski definition) is 8. The summed E-state index contributed by atoms with van der Waals surface area (Å²) in [6, 6.07) is 7.88. The van der Waals surface area contributed by atoms with Crippen LogP contribution in [-0.2, 0) is 28.9 Å². The fraction of sp³-hybridized carbons (Fsp3) is 0.600. The number of benzene rings is 1. The summed E-state index contributed by atoms with van der Waals surface area (Å²) in [6.45, 7) is 5.85. The number of nitrogens with zero attached hydrogens (tertiary/aromatic N) is 3. The van der Waals surface area contributed by atoms with Gasteiger partial charge in [0, 0.05) is 45.3 Å². The summed E-state index contributed by atoms with van der Waals surface area (Å²) < 4.78 is 5.44. The highest BCUT2D eigenvalue weighted by atomic mass is 16.5. The fourth-order valence-corrected chi connectivity index (χ4v) is 5.10. The quantitative estimate of drug-likeness (QED) is 0.498. The summed E-state index contributed by atoms with van der Waals surface area (Å²) in [6.07, 6.45) is 10.1. The van der Waals surface area contributed by atoms with Gasteiger partial charge in [0.05, 0.1) is 30.5 Å². The first-order valence-corrected chi connectivity index (χ1v) is 14.6. The molecule has 1 atom stereocenters. The molecule has 9 heteroatoms. The van der Waals surface area contributed by atoms with E-state index in [1.807, 2.05) is 0 Å². The monoisotopic (exact) mass is 536 g/mol. The highest BCUT2D eigenvalue weighted by Gasteiger charge is 2.17. The van der Waals surface area contributed by atoms with Crippen LogP contribution in [0.2, 0.25) is 0 Å². The van der Waals surface area contributed by atoms with Crippen molar-refractivity contribution in [1.82, 2.24) is 20.2 Å². The van der Waals surface area contributed by atoms with E-state index in [1.54, 1.807) is 6.20 Å². The number of aromatic nitrogens is 2. The summed E-state index contributed by atoms with van der Waals surface area (Å²) in [4.78, 5) is 37.2. The van der Waals surface area contributed by atoms with E-state index in [-0.39, 0.29) is 11.7 Å². The number of carbonyl (C=O) groups is 2. The van der Waals surface area contributed by atoms with Crippen molar-refractivity contribution in [3.63, 3.8) is 0 Å². The Balaban J connectivity index is 1.38. The topological polar surface area (TPSA) is 122 Å². The van der Waals surface area contributed by atoms with E-state index in [4.69, 9.17) is 15.5 Å². The Morgan fingerprint density at radius 1 is 0.949 bits per heavy atom. The van der Waals surface area contributed by atoms with Crippen molar-refractivity contribution in [2.45, 2.75) is 76.8 Å². The zero-order valence-corrected chi connectivity index (χ0v) is 23.1. The number of fused-ring (bicyclic) bond motifs is 2. The zero-order valence-electron chi connectivity index (χ0n) is 23.1. The van der Waals surface area contributed by atoms with Gasteiger partial charge >= 0.3 is 0 Å². The first kappa shape index (κ1) is 29.1. The van der Waals surface area contributed by atoms with E-state index in [9.17, 15) is 9.59 Å². The molecule has 1 amide bonds. The lowest BCUT2D eigenvalue weighted by Crippen LogP contribution is -2.40. The maximum absolute atomic E-state index is 13.4. The van der Waals surface area contributed by atoms with Crippen LogP contribution in [0.4, 0.5) is 5.95 Å². The van der Waals surface area contributed by atoms with Crippen LogP contribution in [0.25, 0.3) is 0 Å². The molecule has 2 aliphatic heterocycles. The van der Waals surface area contributed by atoms with Crippen LogP contribution in [0.1, 0.15) is 78.5 Å². The third-order valence-electron chi connectivity index (χ3n) is 7.52. The first-order valence-electron chi connectivity index (χ1n) is 14.6. The van der Waals surface area contributed by atoms with Crippen LogP contribution in [0.5, 0.6) is 0 Å². The minimum Gasteiger partial charge on any atom is -0.379 e. The second kappa shape index (κ2) is 15.6. The molecular weight excluding hydrogens is 492 g/mol. The lowest BCUT2D eigenvalue weighted by molar-refractivity contribution is -0.122. The fourth-order valence-electron chi connectivity index (χ4n) is 5.10. The lowest BCUT2D eigenvalue weighted by atomic mass is 9.99. The van der Waals surface area contributed by atoms with E-state index in [0.717, 1.165) is 95.6 Å². The molecule has 1 fully saturated rings. The number of ketones is 1. The minimum atomic E-state index is -0.462. The summed E-state index contributed by atoms with van der Waals surface area (Å²) in [5.74, 6) is 0.572. The summed E-state index contributed by atoms with van der Waals surface area (Å²) in [7, 11) is 0. The molecule has 2 aliphatic rings. The van der Waals surface area contributed by atoms with Gasteiger partial charge in [-0.1, -0.05) is 49.9 Å². The SMILES string of the molecule is N[C@H]1CCCCCc2nc(ncc2C(=O)Cc2ccc(CN3CCOCC3)cc2)NCCCCCCNC1=O. The third kappa shape index (κ3) is 9.67. The molecule has 0 unspecified atom stereocenters. The average Bonchev–Trinajstić information content (AvgIpc) is 2.95. The van der Waals surface area contributed by atoms with Crippen LogP contribution in [0.15, 0.2) is 30.5 Å². The number of morpholine rings is 1. The van der Waals surface area contributed by atoms with Gasteiger partial charge in [-0.2, -0.15) is 0 Å². The van der Waals surface area contributed by atoms with Gasteiger partial charge < -0.3 is 21.1 Å². The molecule has 0 spiro atoms. The number of nitrogens with two attached hydrogens (primary N) is 1. The second-order valence-electron chi connectivity index (χ2n) is 10.7. The number of amides is 1.